The van der Waals surface area contributed by atoms with Crippen molar-refractivity contribution in [1.82, 2.24) is 10.3 Å². The van der Waals surface area contributed by atoms with Crippen LogP contribution in [0.3, 0.4) is 0 Å². The molecule has 0 saturated carbocycles. The van der Waals surface area contributed by atoms with Gasteiger partial charge in [-0.2, -0.15) is 0 Å². The number of thiazole rings is 1. The van der Waals surface area contributed by atoms with E-state index >= 15 is 0 Å². The van der Waals surface area contributed by atoms with Gasteiger partial charge < -0.3 is 10.1 Å². The molecule has 0 saturated heterocycles. The normalized spacial score (nSPS) is 14.8. The van der Waals surface area contributed by atoms with Crippen LogP contribution in [0.4, 0.5) is 5.13 Å². The fourth-order valence-electron chi connectivity index (χ4n) is 4.32. The van der Waals surface area contributed by atoms with Gasteiger partial charge in [-0.1, -0.05) is 42.0 Å². The zero-order chi connectivity index (χ0) is 23.9. The number of para-hydroxylation sites is 1. The van der Waals surface area contributed by atoms with Gasteiger partial charge in [-0.15, -0.1) is 11.3 Å². The number of nitrogens with one attached hydrogen (secondary N) is 2. The Morgan fingerprint density at radius 2 is 2.03 bits per heavy atom. The van der Waals surface area contributed by atoms with Gasteiger partial charge in [-0.25, -0.2) is 4.98 Å². The van der Waals surface area contributed by atoms with Gasteiger partial charge in [-0.05, 0) is 63.6 Å². The number of ether oxygens (including phenoxy) is 1. The molecule has 7 heteroatoms. The van der Waals surface area contributed by atoms with E-state index in [2.05, 4.69) is 46.8 Å². The van der Waals surface area contributed by atoms with Gasteiger partial charge in [0.05, 0.1) is 23.8 Å². The fraction of sp³-hybridized carbons (Fsp3) is 0.370. The van der Waals surface area contributed by atoms with Gasteiger partial charge in [0.2, 0.25) is 5.91 Å². The Kier molecular flexibility index (Phi) is 7.95. The molecule has 6 nitrogen and oxygen atoms in total. The highest BCUT2D eigenvalue weighted by Gasteiger charge is 2.30. The Morgan fingerprint density at radius 1 is 1.18 bits per heavy atom. The van der Waals surface area contributed by atoms with E-state index in [4.69, 9.17) is 4.74 Å². The van der Waals surface area contributed by atoms with E-state index in [1.165, 1.54) is 22.5 Å². The molecule has 1 unspecified atom stereocenters. The molecule has 1 aromatic heterocycles. The van der Waals surface area contributed by atoms with Crippen molar-refractivity contribution in [2.75, 3.05) is 18.5 Å². The van der Waals surface area contributed by atoms with E-state index in [-0.39, 0.29) is 17.7 Å². The average Bonchev–Trinajstić information content (AvgIpc) is 3.24. The Labute approximate surface area is 204 Å². The number of carbonyl (C=O) groups is 2. The molecule has 1 aliphatic carbocycles. The zero-order valence-corrected chi connectivity index (χ0v) is 20.5. The van der Waals surface area contributed by atoms with Crippen molar-refractivity contribution in [3.05, 3.63) is 75.8 Å². The first-order chi connectivity index (χ1) is 16.5. The van der Waals surface area contributed by atoms with Crippen LogP contribution in [-0.2, 0) is 17.6 Å². The van der Waals surface area contributed by atoms with Crippen LogP contribution in [0.25, 0.3) is 0 Å². The minimum Gasteiger partial charge on any atom is -0.493 e. The topological polar surface area (TPSA) is 80.3 Å². The number of rotatable bonds is 9. The van der Waals surface area contributed by atoms with Gasteiger partial charge in [0.15, 0.2) is 5.13 Å². The highest BCUT2D eigenvalue weighted by Crippen LogP contribution is 2.37. The van der Waals surface area contributed by atoms with Crippen LogP contribution < -0.4 is 15.4 Å². The first kappa shape index (κ1) is 24.0. The van der Waals surface area contributed by atoms with Crippen molar-refractivity contribution in [2.24, 2.45) is 0 Å². The molecular weight excluding hydrogens is 446 g/mol. The number of anilines is 1. The van der Waals surface area contributed by atoms with E-state index in [1.54, 1.807) is 12.1 Å². The Morgan fingerprint density at radius 3 is 2.85 bits per heavy atom. The summed E-state index contributed by atoms with van der Waals surface area (Å²) in [4.78, 5) is 31.5. The number of amides is 2. The summed E-state index contributed by atoms with van der Waals surface area (Å²) >= 11 is 1.46. The number of carbonyl (C=O) groups excluding carboxylic acids is 2. The van der Waals surface area contributed by atoms with E-state index in [0.29, 0.717) is 29.6 Å². The quantitative estimate of drug-likeness (QED) is 0.412. The molecule has 0 radical (unpaired) electrons. The first-order valence-electron chi connectivity index (χ1n) is 11.9. The summed E-state index contributed by atoms with van der Waals surface area (Å²) in [6.45, 7) is 5.10. The molecule has 0 bridgehead atoms. The minimum atomic E-state index is -0.264. The number of aryl methyl sites for hydroxylation is 3. The lowest BCUT2D eigenvalue weighted by Crippen LogP contribution is -2.32. The van der Waals surface area contributed by atoms with E-state index in [1.807, 2.05) is 19.1 Å². The predicted molar refractivity (Wildman–Crippen MR) is 136 cm³/mol. The SMILES string of the molecule is CCOc1ccccc1C(=O)Nc1nc2c(s1)CCCC2C(=O)NCCCc1cccc(C)c1. The molecule has 1 heterocycles. The molecule has 3 aromatic rings. The summed E-state index contributed by atoms with van der Waals surface area (Å²) < 4.78 is 5.58. The molecule has 1 aliphatic rings. The summed E-state index contributed by atoms with van der Waals surface area (Å²) in [6.07, 6.45) is 4.44. The zero-order valence-electron chi connectivity index (χ0n) is 19.7. The van der Waals surface area contributed by atoms with Crippen LogP contribution in [0.15, 0.2) is 48.5 Å². The lowest BCUT2D eigenvalue weighted by molar-refractivity contribution is -0.122. The second-order valence-corrected chi connectivity index (χ2v) is 9.62. The van der Waals surface area contributed by atoms with Crippen LogP contribution in [-0.4, -0.2) is 29.9 Å². The average molecular weight is 478 g/mol. The molecule has 2 aromatic carbocycles. The lowest BCUT2D eigenvalue weighted by atomic mass is 9.90. The maximum absolute atomic E-state index is 12.9. The summed E-state index contributed by atoms with van der Waals surface area (Å²) in [5.41, 5.74) is 3.82. The summed E-state index contributed by atoms with van der Waals surface area (Å²) in [5.74, 6) is 0.0504. The third kappa shape index (κ3) is 5.83. The summed E-state index contributed by atoms with van der Waals surface area (Å²) in [5, 5.41) is 6.53. The number of fused-ring (bicyclic) bond motifs is 1. The maximum atomic E-state index is 12.9. The highest BCUT2D eigenvalue weighted by molar-refractivity contribution is 7.16. The van der Waals surface area contributed by atoms with Crippen molar-refractivity contribution in [3.63, 3.8) is 0 Å². The van der Waals surface area contributed by atoms with Crippen molar-refractivity contribution in [2.45, 2.75) is 51.9 Å². The smallest absolute Gasteiger partial charge is 0.261 e. The Bertz CT molecular complexity index is 1160. The minimum absolute atomic E-state index is 0.0232. The van der Waals surface area contributed by atoms with Gasteiger partial charge in [0, 0.05) is 11.4 Å². The van der Waals surface area contributed by atoms with Crippen LogP contribution in [0.2, 0.25) is 0 Å². The molecule has 0 fully saturated rings. The summed E-state index contributed by atoms with van der Waals surface area (Å²) in [6, 6.07) is 15.6. The van der Waals surface area contributed by atoms with Gasteiger partial charge in [0.25, 0.3) is 5.91 Å². The van der Waals surface area contributed by atoms with Crippen molar-refractivity contribution in [3.8, 4) is 5.75 Å². The van der Waals surface area contributed by atoms with Crippen molar-refractivity contribution < 1.29 is 14.3 Å². The van der Waals surface area contributed by atoms with Crippen LogP contribution >= 0.6 is 11.3 Å². The summed E-state index contributed by atoms with van der Waals surface area (Å²) in [7, 11) is 0. The second kappa shape index (κ2) is 11.3. The number of benzene rings is 2. The van der Waals surface area contributed by atoms with Gasteiger partial charge in [0.1, 0.15) is 5.75 Å². The molecule has 34 heavy (non-hydrogen) atoms. The van der Waals surface area contributed by atoms with Crippen LogP contribution in [0.1, 0.15) is 64.2 Å². The molecule has 1 atom stereocenters. The molecule has 178 valence electrons. The Balaban J connectivity index is 1.36. The Hall–Kier alpha value is -3.19. The molecule has 4 rings (SSSR count). The van der Waals surface area contributed by atoms with E-state index < -0.39 is 0 Å². The standard InChI is InChI=1S/C27H31N3O3S/c1-3-33-22-14-5-4-12-20(22)26(32)30-27-29-24-21(13-7-15-23(24)34-27)25(31)28-16-8-11-19-10-6-9-18(2)17-19/h4-6,9-10,12,14,17,21H,3,7-8,11,13,15-16H2,1-2H3,(H,28,31)(H,29,30,32). The van der Waals surface area contributed by atoms with E-state index in [9.17, 15) is 9.59 Å². The van der Waals surface area contributed by atoms with Gasteiger partial charge in [-0.3, -0.25) is 14.9 Å². The van der Waals surface area contributed by atoms with Gasteiger partial charge >= 0.3 is 0 Å². The van der Waals surface area contributed by atoms with Crippen LogP contribution in [0.5, 0.6) is 5.75 Å². The van der Waals surface area contributed by atoms with Crippen molar-refractivity contribution in [1.29, 1.82) is 0 Å². The van der Waals surface area contributed by atoms with Crippen molar-refractivity contribution >= 4 is 28.3 Å². The number of aromatic nitrogens is 1. The molecular formula is C27H31N3O3S. The largest absolute Gasteiger partial charge is 0.493 e. The third-order valence-electron chi connectivity index (χ3n) is 5.95. The molecule has 0 spiro atoms. The van der Waals surface area contributed by atoms with E-state index in [0.717, 1.165) is 42.7 Å². The van der Waals surface area contributed by atoms with Crippen LogP contribution in [0, 0.1) is 6.92 Å². The second-order valence-electron chi connectivity index (χ2n) is 8.54. The first-order valence-corrected chi connectivity index (χ1v) is 12.7. The predicted octanol–water partition coefficient (Wildman–Crippen LogP) is 5.27. The monoisotopic (exact) mass is 477 g/mol. The number of nitrogens with zero attached hydrogens (tertiary/aromatic N) is 1. The number of hydrogen-bond donors (Lipinski definition) is 2. The maximum Gasteiger partial charge on any atom is 0.261 e. The molecule has 0 aliphatic heterocycles. The molecule has 2 N–H and O–H groups in total. The molecule has 2 amide bonds. The third-order valence-corrected chi connectivity index (χ3v) is 6.99. The lowest BCUT2D eigenvalue weighted by Gasteiger charge is -2.20. The fourth-order valence-corrected chi connectivity index (χ4v) is 5.38. The highest BCUT2D eigenvalue weighted by atomic mass is 32.1. The number of hydrogen-bond acceptors (Lipinski definition) is 5.